The number of fused-ring (bicyclic) bond motifs is 2. The van der Waals surface area contributed by atoms with Crippen LogP contribution in [0.2, 0.25) is 0 Å². The van der Waals surface area contributed by atoms with Gasteiger partial charge in [-0.25, -0.2) is 9.59 Å². The Labute approximate surface area is 271 Å². The topological polar surface area (TPSA) is 178 Å². The molecule has 0 unspecified atom stereocenters. The minimum absolute atomic E-state index is 0.0949. The summed E-state index contributed by atoms with van der Waals surface area (Å²) in [4.78, 5) is 47.9. The van der Waals surface area contributed by atoms with Crippen molar-refractivity contribution in [3.05, 3.63) is 139 Å². The van der Waals surface area contributed by atoms with Crippen molar-refractivity contribution in [3.63, 3.8) is 0 Å². The van der Waals surface area contributed by atoms with E-state index in [1.54, 1.807) is 42.5 Å². The van der Waals surface area contributed by atoms with Gasteiger partial charge < -0.3 is 28.5 Å². The molecule has 12 heteroatoms. The Hall–Kier alpha value is -6.56. The van der Waals surface area contributed by atoms with E-state index in [1.165, 1.54) is 12.1 Å². The van der Waals surface area contributed by atoms with Crippen molar-refractivity contribution in [1.82, 2.24) is 0 Å². The maximum absolute atomic E-state index is 12.7. The van der Waals surface area contributed by atoms with Crippen LogP contribution in [0.4, 0.5) is 11.4 Å². The zero-order valence-corrected chi connectivity index (χ0v) is 25.6. The van der Waals surface area contributed by atoms with E-state index >= 15 is 0 Å². The van der Waals surface area contributed by atoms with Gasteiger partial charge in [0, 0.05) is 12.1 Å². The number of nitrogens with zero attached hydrogens (tertiary/aromatic N) is 2. The molecule has 48 heavy (non-hydrogen) atoms. The standard InChI is InChI=1S/C36H26N2O10/c1-19-12-13-22(18-46-27-9-5-11-29-33(27)25(40)16-31(48-29)36(43)44)20(2)34(19)38-37-23-7-3-6-21(14-23)17-45-26-8-4-10-28-32(26)24(39)15-30(47-28)35(41)42/h3-16H,17-18H2,1-2H3,(H,41,42)(H,43,44). The van der Waals surface area contributed by atoms with Crippen LogP contribution in [-0.4, -0.2) is 22.2 Å². The van der Waals surface area contributed by atoms with Crippen LogP contribution in [0.1, 0.15) is 43.4 Å². The number of aromatic carboxylic acids is 2. The van der Waals surface area contributed by atoms with E-state index in [9.17, 15) is 29.4 Å². The molecule has 0 aliphatic rings. The first-order valence-electron chi connectivity index (χ1n) is 14.5. The highest BCUT2D eigenvalue weighted by atomic mass is 16.5. The van der Waals surface area contributed by atoms with E-state index in [0.29, 0.717) is 11.4 Å². The third kappa shape index (κ3) is 6.40. The summed E-state index contributed by atoms with van der Waals surface area (Å²) >= 11 is 0. The zero-order chi connectivity index (χ0) is 33.9. The van der Waals surface area contributed by atoms with Gasteiger partial charge in [-0.2, -0.15) is 5.11 Å². The Balaban J connectivity index is 1.19. The number of aryl methyl sites for hydroxylation is 1. The number of hydrogen-bond donors (Lipinski definition) is 2. The van der Waals surface area contributed by atoms with Crippen LogP contribution in [0.3, 0.4) is 0 Å². The minimum atomic E-state index is -1.34. The molecule has 0 amide bonds. The molecule has 0 bridgehead atoms. The molecule has 0 saturated heterocycles. The lowest BCUT2D eigenvalue weighted by Crippen LogP contribution is -2.08. The van der Waals surface area contributed by atoms with Crippen molar-refractivity contribution < 1.29 is 38.1 Å². The molecule has 4 aromatic carbocycles. The molecular formula is C36H26N2O10. The van der Waals surface area contributed by atoms with Crippen LogP contribution in [-0.2, 0) is 13.2 Å². The highest BCUT2D eigenvalue weighted by Gasteiger charge is 2.16. The van der Waals surface area contributed by atoms with Crippen molar-refractivity contribution in [2.45, 2.75) is 27.1 Å². The number of benzene rings is 4. The van der Waals surface area contributed by atoms with Gasteiger partial charge in [-0.1, -0.05) is 36.4 Å². The van der Waals surface area contributed by atoms with Gasteiger partial charge in [-0.3, -0.25) is 9.59 Å². The molecule has 0 saturated carbocycles. The Bertz CT molecular complexity index is 2390. The number of ether oxygens (including phenoxy) is 2. The van der Waals surface area contributed by atoms with Gasteiger partial charge in [-0.05, 0) is 72.5 Å². The third-order valence-electron chi connectivity index (χ3n) is 7.55. The summed E-state index contributed by atoms with van der Waals surface area (Å²) in [5.74, 6) is -3.08. The van der Waals surface area contributed by atoms with E-state index < -0.39 is 34.3 Å². The van der Waals surface area contributed by atoms with Gasteiger partial charge in [0.15, 0.2) is 10.9 Å². The number of hydrogen-bond acceptors (Lipinski definition) is 10. The SMILES string of the molecule is Cc1ccc(COc2cccc3oc(C(=O)O)cc(=O)c23)c(C)c1N=Nc1cccc(COc2cccc3oc(C(=O)O)cc(=O)c23)c1. The number of carboxylic acid groups (broad SMARTS) is 2. The van der Waals surface area contributed by atoms with Crippen LogP contribution in [0, 0.1) is 13.8 Å². The van der Waals surface area contributed by atoms with Gasteiger partial charge in [-0.15, -0.1) is 5.11 Å². The van der Waals surface area contributed by atoms with Gasteiger partial charge in [0.05, 0.1) is 11.4 Å². The van der Waals surface area contributed by atoms with E-state index in [-0.39, 0.29) is 46.7 Å². The van der Waals surface area contributed by atoms with Crippen molar-refractivity contribution in [2.24, 2.45) is 10.2 Å². The summed E-state index contributed by atoms with van der Waals surface area (Å²) in [6.45, 7) is 4.00. The molecular weight excluding hydrogens is 620 g/mol. The van der Waals surface area contributed by atoms with Crippen LogP contribution >= 0.6 is 0 Å². The fraction of sp³-hybridized carbons (Fsp3) is 0.111. The van der Waals surface area contributed by atoms with Crippen LogP contribution < -0.4 is 20.3 Å². The fourth-order valence-electron chi connectivity index (χ4n) is 5.13. The molecule has 2 heterocycles. The molecule has 2 aromatic heterocycles. The molecule has 0 atom stereocenters. The molecule has 12 nitrogen and oxygen atoms in total. The lowest BCUT2D eigenvalue weighted by molar-refractivity contribution is 0.0653. The first-order chi connectivity index (χ1) is 23.1. The quantitative estimate of drug-likeness (QED) is 0.142. The first-order valence-corrected chi connectivity index (χ1v) is 14.5. The maximum Gasteiger partial charge on any atom is 0.371 e. The predicted molar refractivity (Wildman–Crippen MR) is 174 cm³/mol. The molecule has 0 aliphatic heterocycles. The second-order valence-electron chi connectivity index (χ2n) is 10.8. The Kier molecular flexibility index (Phi) is 8.54. The van der Waals surface area contributed by atoms with Crippen molar-refractivity contribution in [2.75, 3.05) is 0 Å². The number of carboxylic acids is 2. The minimum Gasteiger partial charge on any atom is -0.488 e. The highest BCUT2D eigenvalue weighted by molar-refractivity contribution is 5.90. The van der Waals surface area contributed by atoms with Crippen LogP contribution in [0.15, 0.2) is 114 Å². The molecule has 0 aliphatic carbocycles. The lowest BCUT2D eigenvalue weighted by Gasteiger charge is -2.13. The summed E-state index contributed by atoms with van der Waals surface area (Å²) in [5, 5.41) is 27.7. The molecule has 240 valence electrons. The first kappa shape index (κ1) is 31.4. The van der Waals surface area contributed by atoms with E-state index in [2.05, 4.69) is 10.2 Å². The average Bonchev–Trinajstić information content (AvgIpc) is 3.06. The summed E-state index contributed by atoms with van der Waals surface area (Å²) in [5.41, 5.74) is 3.62. The predicted octanol–water partition coefficient (Wildman–Crippen LogP) is 7.49. The van der Waals surface area contributed by atoms with E-state index in [0.717, 1.165) is 34.4 Å². The Morgan fingerprint density at radius 1 is 0.688 bits per heavy atom. The van der Waals surface area contributed by atoms with Crippen LogP contribution in [0.25, 0.3) is 21.9 Å². The summed E-state index contributed by atoms with van der Waals surface area (Å²) in [7, 11) is 0. The largest absolute Gasteiger partial charge is 0.488 e. The molecule has 6 aromatic rings. The van der Waals surface area contributed by atoms with Crippen molar-refractivity contribution in [3.8, 4) is 11.5 Å². The average molecular weight is 647 g/mol. The maximum atomic E-state index is 12.7. The summed E-state index contributed by atoms with van der Waals surface area (Å²) in [6, 6.07) is 22.3. The van der Waals surface area contributed by atoms with Gasteiger partial charge in [0.1, 0.15) is 46.7 Å². The van der Waals surface area contributed by atoms with Crippen molar-refractivity contribution >= 4 is 45.3 Å². The third-order valence-corrected chi connectivity index (χ3v) is 7.55. The zero-order valence-electron chi connectivity index (χ0n) is 25.6. The van der Waals surface area contributed by atoms with Gasteiger partial charge >= 0.3 is 11.9 Å². The Morgan fingerprint density at radius 2 is 1.25 bits per heavy atom. The monoisotopic (exact) mass is 646 g/mol. The molecule has 2 N–H and O–H groups in total. The lowest BCUT2D eigenvalue weighted by atomic mass is 10.0. The highest BCUT2D eigenvalue weighted by Crippen LogP contribution is 2.31. The van der Waals surface area contributed by atoms with Gasteiger partial charge in [0.25, 0.3) is 0 Å². The van der Waals surface area contributed by atoms with Crippen LogP contribution in [0.5, 0.6) is 11.5 Å². The fourth-order valence-corrected chi connectivity index (χ4v) is 5.13. The van der Waals surface area contributed by atoms with E-state index in [1.807, 2.05) is 32.0 Å². The summed E-state index contributed by atoms with van der Waals surface area (Å²) < 4.78 is 22.6. The molecule has 6 rings (SSSR count). The second-order valence-corrected chi connectivity index (χ2v) is 10.8. The molecule has 0 fully saturated rings. The Morgan fingerprint density at radius 3 is 1.83 bits per heavy atom. The number of carbonyl (C=O) groups is 2. The second kappa shape index (κ2) is 13.0. The molecule has 0 radical (unpaired) electrons. The number of azo groups is 1. The summed E-state index contributed by atoms with van der Waals surface area (Å²) in [6.07, 6.45) is 0. The number of rotatable bonds is 10. The molecule has 0 spiro atoms. The smallest absolute Gasteiger partial charge is 0.371 e. The van der Waals surface area contributed by atoms with Gasteiger partial charge in [0.2, 0.25) is 11.5 Å². The van der Waals surface area contributed by atoms with E-state index in [4.69, 9.17) is 18.3 Å². The normalized spacial score (nSPS) is 11.3. The van der Waals surface area contributed by atoms with Crippen molar-refractivity contribution in [1.29, 1.82) is 0 Å².